The van der Waals surface area contributed by atoms with Crippen molar-refractivity contribution in [1.29, 1.82) is 0 Å². The van der Waals surface area contributed by atoms with Crippen LogP contribution in [0.3, 0.4) is 0 Å². The summed E-state index contributed by atoms with van der Waals surface area (Å²) in [6.07, 6.45) is 6.62. The number of aliphatic hydroxyl groups excluding tert-OH is 1. The maximum Gasteiger partial charge on any atom is 0.302 e. The number of carbonyl (C=O) groups excluding carboxylic acids is 1. The zero-order valence-electron chi connectivity index (χ0n) is 11.4. The smallest absolute Gasteiger partial charge is 0.302 e. The lowest BCUT2D eigenvalue weighted by molar-refractivity contribution is -0.137. The molecule has 0 atom stereocenters. The number of aromatic nitrogens is 1. The summed E-state index contributed by atoms with van der Waals surface area (Å²) < 4.78 is 4.11. The first kappa shape index (κ1) is 16.9. The highest BCUT2D eigenvalue weighted by Gasteiger charge is 2.06. The summed E-state index contributed by atoms with van der Waals surface area (Å²) in [5.74, 6) is -0.245. The van der Waals surface area contributed by atoms with Gasteiger partial charge in [0.1, 0.15) is 0 Å². The molecular formula is C14H19NO4. The average molecular weight is 265 g/mol. The molecule has 0 radical (unpaired) electrons. The first-order valence-corrected chi connectivity index (χ1v) is 5.66. The monoisotopic (exact) mass is 265 g/mol. The molecule has 1 aromatic heterocycles. The summed E-state index contributed by atoms with van der Waals surface area (Å²) in [5.41, 5.74) is 1.73. The van der Waals surface area contributed by atoms with Gasteiger partial charge in [0.25, 0.3) is 5.56 Å². The van der Waals surface area contributed by atoms with Crippen LogP contribution in [0.5, 0.6) is 0 Å². The minimum absolute atomic E-state index is 0.0999. The molecule has 0 bridgehead atoms. The number of allylic oxidation sites excluding steroid dienone is 1. The summed E-state index contributed by atoms with van der Waals surface area (Å²) in [7, 11) is 1.35. The van der Waals surface area contributed by atoms with Crippen LogP contribution in [-0.4, -0.2) is 23.2 Å². The van der Waals surface area contributed by atoms with Crippen molar-refractivity contribution >= 4 is 18.1 Å². The second-order valence-electron chi connectivity index (χ2n) is 3.53. The minimum atomic E-state index is -0.245. The van der Waals surface area contributed by atoms with E-state index in [9.17, 15) is 9.59 Å². The number of aromatic amines is 1. The summed E-state index contributed by atoms with van der Waals surface area (Å²) in [6.45, 7) is 6.69. The number of ether oxygens (including phenoxy) is 1. The predicted molar refractivity (Wildman–Crippen MR) is 75.5 cm³/mol. The number of rotatable bonds is 3. The van der Waals surface area contributed by atoms with Crippen molar-refractivity contribution in [2.24, 2.45) is 0 Å². The Morgan fingerprint density at radius 1 is 1.53 bits per heavy atom. The van der Waals surface area contributed by atoms with Gasteiger partial charge in [0.2, 0.25) is 0 Å². The Morgan fingerprint density at radius 2 is 2.11 bits per heavy atom. The van der Waals surface area contributed by atoms with Gasteiger partial charge in [-0.15, -0.1) is 0 Å². The van der Waals surface area contributed by atoms with E-state index in [4.69, 9.17) is 5.11 Å². The molecule has 5 heteroatoms. The van der Waals surface area contributed by atoms with Gasteiger partial charge >= 0.3 is 5.97 Å². The van der Waals surface area contributed by atoms with Crippen molar-refractivity contribution in [2.45, 2.75) is 20.5 Å². The summed E-state index contributed by atoms with van der Waals surface area (Å²) in [4.78, 5) is 23.5. The molecule has 0 saturated heterocycles. The molecule has 0 fully saturated rings. The molecule has 0 aliphatic rings. The SMILES string of the molecule is C=Cc1c(/C=C\C)c(CO)c[nH]c1=O.COC(C)=O. The fraction of sp³-hybridized carbons (Fsp3) is 0.286. The Hall–Kier alpha value is -2.14. The maximum absolute atomic E-state index is 11.4. The van der Waals surface area contributed by atoms with Gasteiger partial charge in [0.15, 0.2) is 0 Å². The third kappa shape index (κ3) is 5.35. The molecule has 0 aliphatic carbocycles. The number of methoxy groups -OCH3 is 1. The van der Waals surface area contributed by atoms with Gasteiger partial charge in [0.05, 0.1) is 13.7 Å². The number of hydrogen-bond acceptors (Lipinski definition) is 4. The molecule has 1 aromatic rings. The van der Waals surface area contributed by atoms with Gasteiger partial charge in [-0.25, -0.2) is 0 Å². The fourth-order valence-corrected chi connectivity index (χ4v) is 1.30. The van der Waals surface area contributed by atoms with Gasteiger partial charge in [-0.1, -0.05) is 24.8 Å². The molecule has 0 unspecified atom stereocenters. The highest BCUT2D eigenvalue weighted by Crippen LogP contribution is 2.13. The molecule has 1 heterocycles. The van der Waals surface area contributed by atoms with Gasteiger partial charge < -0.3 is 14.8 Å². The van der Waals surface area contributed by atoms with Crippen molar-refractivity contribution in [3.63, 3.8) is 0 Å². The van der Waals surface area contributed by atoms with Crippen LogP contribution in [0.15, 0.2) is 23.6 Å². The summed E-state index contributed by atoms with van der Waals surface area (Å²) in [5, 5.41) is 9.07. The number of pyridine rings is 1. The predicted octanol–water partition coefficient (Wildman–Crippen LogP) is 1.72. The van der Waals surface area contributed by atoms with Crippen LogP contribution >= 0.6 is 0 Å². The summed E-state index contributed by atoms with van der Waals surface area (Å²) in [6, 6.07) is 0. The van der Waals surface area contributed by atoms with Crippen LogP contribution in [0.2, 0.25) is 0 Å². The van der Waals surface area contributed by atoms with Crippen LogP contribution in [0.4, 0.5) is 0 Å². The third-order valence-electron chi connectivity index (χ3n) is 2.25. The molecule has 19 heavy (non-hydrogen) atoms. The lowest BCUT2D eigenvalue weighted by Crippen LogP contribution is -2.12. The highest BCUT2D eigenvalue weighted by molar-refractivity contribution is 5.66. The number of hydrogen-bond donors (Lipinski definition) is 2. The second kappa shape index (κ2) is 8.88. The van der Waals surface area contributed by atoms with Crippen LogP contribution in [0.1, 0.15) is 30.5 Å². The van der Waals surface area contributed by atoms with E-state index in [-0.39, 0.29) is 18.1 Å². The molecule has 2 N–H and O–H groups in total. The minimum Gasteiger partial charge on any atom is -0.469 e. The van der Waals surface area contributed by atoms with Crippen LogP contribution in [0.25, 0.3) is 12.2 Å². The Balaban J connectivity index is 0.000000555. The molecule has 1 rings (SSSR count). The zero-order valence-corrected chi connectivity index (χ0v) is 11.4. The molecule has 0 aliphatic heterocycles. The topological polar surface area (TPSA) is 79.4 Å². The quantitative estimate of drug-likeness (QED) is 0.816. The van der Waals surface area contributed by atoms with Gasteiger partial charge in [-0.05, 0) is 12.5 Å². The Labute approximate surface area is 112 Å². The lowest BCUT2D eigenvalue weighted by atomic mass is 10.0. The molecular weight excluding hydrogens is 246 g/mol. The van der Waals surface area contributed by atoms with E-state index >= 15 is 0 Å². The van der Waals surface area contributed by atoms with E-state index in [1.807, 2.05) is 13.0 Å². The highest BCUT2D eigenvalue weighted by atomic mass is 16.5. The van der Waals surface area contributed by atoms with Gasteiger partial charge in [0, 0.05) is 24.2 Å². The first-order valence-electron chi connectivity index (χ1n) is 5.66. The van der Waals surface area contributed by atoms with Gasteiger partial charge in [-0.2, -0.15) is 0 Å². The number of esters is 1. The molecule has 0 amide bonds. The van der Waals surface area contributed by atoms with E-state index in [1.54, 1.807) is 6.08 Å². The van der Waals surface area contributed by atoms with E-state index in [2.05, 4.69) is 16.3 Å². The second-order valence-corrected chi connectivity index (χ2v) is 3.53. The number of H-pyrrole nitrogens is 1. The summed E-state index contributed by atoms with van der Waals surface area (Å²) >= 11 is 0. The number of carbonyl (C=O) groups is 1. The van der Waals surface area contributed by atoms with E-state index in [1.165, 1.54) is 26.3 Å². The molecule has 0 spiro atoms. The van der Waals surface area contributed by atoms with Crippen LogP contribution in [-0.2, 0) is 16.1 Å². The van der Waals surface area contributed by atoms with Crippen molar-refractivity contribution < 1.29 is 14.6 Å². The molecule has 0 saturated carbocycles. The van der Waals surface area contributed by atoms with Gasteiger partial charge in [-0.3, -0.25) is 9.59 Å². The van der Waals surface area contributed by atoms with Crippen LogP contribution < -0.4 is 5.56 Å². The van der Waals surface area contributed by atoms with E-state index in [0.717, 1.165) is 5.56 Å². The van der Waals surface area contributed by atoms with Crippen molar-refractivity contribution in [3.8, 4) is 0 Å². The normalized spacial score (nSPS) is 9.68. The molecule has 0 aromatic carbocycles. The Morgan fingerprint density at radius 3 is 2.47 bits per heavy atom. The fourth-order valence-electron chi connectivity index (χ4n) is 1.30. The largest absolute Gasteiger partial charge is 0.469 e. The number of aliphatic hydroxyl groups is 1. The van der Waals surface area contributed by atoms with Crippen molar-refractivity contribution in [2.75, 3.05) is 7.11 Å². The molecule has 5 nitrogen and oxygen atoms in total. The average Bonchev–Trinajstić information content (AvgIpc) is 2.40. The maximum atomic E-state index is 11.4. The number of nitrogens with one attached hydrogen (secondary N) is 1. The Kier molecular flexibility index (Phi) is 7.88. The lowest BCUT2D eigenvalue weighted by Gasteiger charge is -2.05. The van der Waals surface area contributed by atoms with Crippen molar-refractivity contribution in [1.82, 2.24) is 4.98 Å². The first-order chi connectivity index (χ1) is 9.01. The Bertz CT molecular complexity index is 515. The van der Waals surface area contributed by atoms with Crippen molar-refractivity contribution in [3.05, 3.63) is 45.9 Å². The third-order valence-corrected chi connectivity index (χ3v) is 2.25. The standard InChI is InChI=1S/C11H13NO2.C3H6O2/c1-3-5-10-8(7-13)6-12-11(14)9(10)4-2;1-3(4)5-2/h3-6,13H,2,7H2,1H3,(H,12,14);1-2H3/b5-3-;. The van der Waals surface area contributed by atoms with Crippen LogP contribution in [0, 0.1) is 0 Å². The van der Waals surface area contributed by atoms with E-state index in [0.29, 0.717) is 11.1 Å². The molecule has 104 valence electrons. The van der Waals surface area contributed by atoms with E-state index < -0.39 is 0 Å². The zero-order chi connectivity index (χ0) is 14.8.